The van der Waals surface area contributed by atoms with E-state index < -0.39 is 0 Å². The Kier molecular flexibility index (Phi) is 3.15. The average Bonchev–Trinajstić information content (AvgIpc) is 2.65. The van der Waals surface area contributed by atoms with Gasteiger partial charge in [-0.25, -0.2) is 4.98 Å². The van der Waals surface area contributed by atoms with Crippen LogP contribution in [0.5, 0.6) is 0 Å². The molecule has 4 heteroatoms. The van der Waals surface area contributed by atoms with E-state index in [1.165, 1.54) is 0 Å². The lowest BCUT2D eigenvalue weighted by molar-refractivity contribution is 0.922. The molecule has 1 aromatic heterocycles. The molecule has 0 saturated carbocycles. The molecule has 1 aromatic carbocycles. The minimum absolute atomic E-state index is 0.0241. The summed E-state index contributed by atoms with van der Waals surface area (Å²) < 4.78 is 1.93. The fourth-order valence-electron chi connectivity index (χ4n) is 1.56. The van der Waals surface area contributed by atoms with Crippen LogP contribution >= 0.6 is 11.6 Å². The highest BCUT2D eigenvalue weighted by Gasteiger charge is 2.08. The highest BCUT2D eigenvalue weighted by Crippen LogP contribution is 2.28. The Hall–Kier alpha value is -1.48. The maximum absolute atomic E-state index is 6.12. The number of benzene rings is 1. The predicted molar refractivity (Wildman–Crippen MR) is 67.2 cm³/mol. The van der Waals surface area contributed by atoms with Crippen LogP contribution in [0.25, 0.3) is 0 Å². The summed E-state index contributed by atoms with van der Waals surface area (Å²) in [6, 6.07) is 7.98. The quantitative estimate of drug-likeness (QED) is 0.826. The van der Waals surface area contributed by atoms with Gasteiger partial charge in [-0.3, -0.25) is 0 Å². The second-order valence-corrected chi connectivity index (χ2v) is 4.34. The van der Waals surface area contributed by atoms with Crippen LogP contribution in [0.3, 0.4) is 0 Å². The first-order chi connectivity index (χ1) is 7.68. The zero-order valence-electron chi connectivity index (χ0n) is 9.31. The number of hydrogen-bond donors (Lipinski definition) is 1. The first-order valence-corrected chi connectivity index (χ1v) is 5.59. The van der Waals surface area contributed by atoms with Crippen molar-refractivity contribution in [2.45, 2.75) is 12.3 Å². The van der Waals surface area contributed by atoms with Crippen molar-refractivity contribution in [3.05, 3.63) is 42.2 Å². The molecule has 0 aliphatic carbocycles. The van der Waals surface area contributed by atoms with Crippen LogP contribution in [-0.2, 0) is 7.05 Å². The lowest BCUT2D eigenvalue weighted by Crippen LogP contribution is -2.01. The van der Waals surface area contributed by atoms with Crippen molar-refractivity contribution in [1.82, 2.24) is 9.55 Å². The number of hydrogen-bond acceptors (Lipinski definition) is 2. The van der Waals surface area contributed by atoms with Crippen LogP contribution in [0.15, 0.2) is 36.7 Å². The summed E-state index contributed by atoms with van der Waals surface area (Å²) in [7, 11) is 1.95. The molecule has 2 rings (SSSR count). The minimum Gasteiger partial charge on any atom is -0.325 e. The van der Waals surface area contributed by atoms with Gasteiger partial charge < -0.3 is 9.88 Å². The second-order valence-electron chi connectivity index (χ2n) is 3.69. The number of para-hydroxylation sites is 1. The van der Waals surface area contributed by atoms with E-state index in [1.54, 1.807) is 6.20 Å². The summed E-state index contributed by atoms with van der Waals surface area (Å²) in [6.07, 6.45) is 3.66. The van der Waals surface area contributed by atoms with E-state index in [0.29, 0.717) is 0 Å². The number of aryl methyl sites for hydroxylation is 1. The van der Waals surface area contributed by atoms with E-state index in [-0.39, 0.29) is 5.38 Å². The molecular formula is C12H14ClN3. The topological polar surface area (TPSA) is 29.9 Å². The predicted octanol–water partition coefficient (Wildman–Crippen LogP) is 3.46. The molecule has 0 aliphatic rings. The third-order valence-corrected chi connectivity index (χ3v) is 2.69. The number of nitrogens with zero attached hydrogens (tertiary/aromatic N) is 2. The van der Waals surface area contributed by atoms with Crippen LogP contribution in [0.4, 0.5) is 11.6 Å². The molecule has 16 heavy (non-hydrogen) atoms. The van der Waals surface area contributed by atoms with E-state index in [1.807, 2.05) is 49.0 Å². The largest absolute Gasteiger partial charge is 0.325 e. The number of nitrogens with one attached hydrogen (secondary N) is 1. The zero-order chi connectivity index (χ0) is 11.5. The van der Waals surface area contributed by atoms with E-state index in [4.69, 9.17) is 11.6 Å². The number of anilines is 2. The standard InChI is InChI=1S/C12H14ClN3/c1-9(13)10-5-3-4-6-11(10)15-12-14-7-8-16(12)2/h3-9H,1-2H3,(H,14,15). The first kappa shape index (κ1) is 11.0. The molecule has 1 N–H and O–H groups in total. The second kappa shape index (κ2) is 4.58. The number of alkyl halides is 1. The minimum atomic E-state index is -0.0241. The Morgan fingerprint density at radius 3 is 2.75 bits per heavy atom. The Balaban J connectivity index is 2.31. The van der Waals surface area contributed by atoms with Crippen molar-refractivity contribution in [1.29, 1.82) is 0 Å². The summed E-state index contributed by atoms with van der Waals surface area (Å²) >= 11 is 6.12. The third-order valence-electron chi connectivity index (χ3n) is 2.46. The first-order valence-electron chi connectivity index (χ1n) is 5.16. The SMILES string of the molecule is CC(Cl)c1ccccc1Nc1nccn1C. The lowest BCUT2D eigenvalue weighted by Gasteiger charge is -2.12. The normalized spacial score (nSPS) is 12.4. The van der Waals surface area contributed by atoms with Crippen LogP contribution < -0.4 is 5.32 Å². The fourth-order valence-corrected chi connectivity index (χ4v) is 1.75. The molecule has 0 radical (unpaired) electrons. The van der Waals surface area contributed by atoms with Crippen molar-refractivity contribution in [3.8, 4) is 0 Å². The number of imidazole rings is 1. The van der Waals surface area contributed by atoms with E-state index in [0.717, 1.165) is 17.2 Å². The smallest absolute Gasteiger partial charge is 0.207 e. The summed E-state index contributed by atoms with van der Waals surface area (Å²) in [6.45, 7) is 1.96. The summed E-state index contributed by atoms with van der Waals surface area (Å²) in [5, 5.41) is 3.25. The molecule has 0 bridgehead atoms. The molecule has 0 spiro atoms. The summed E-state index contributed by atoms with van der Waals surface area (Å²) in [4.78, 5) is 4.22. The maximum atomic E-state index is 6.12. The van der Waals surface area contributed by atoms with E-state index in [9.17, 15) is 0 Å². The molecule has 3 nitrogen and oxygen atoms in total. The Morgan fingerprint density at radius 1 is 1.38 bits per heavy atom. The van der Waals surface area contributed by atoms with Gasteiger partial charge in [0.2, 0.25) is 5.95 Å². The van der Waals surface area contributed by atoms with Gasteiger partial charge in [-0.15, -0.1) is 11.6 Å². The third kappa shape index (κ3) is 2.19. The fraction of sp³-hybridized carbons (Fsp3) is 0.250. The van der Waals surface area contributed by atoms with Gasteiger partial charge in [0.1, 0.15) is 0 Å². The Morgan fingerprint density at radius 2 is 2.12 bits per heavy atom. The van der Waals surface area contributed by atoms with Crippen molar-refractivity contribution in [3.63, 3.8) is 0 Å². The van der Waals surface area contributed by atoms with Gasteiger partial charge in [0, 0.05) is 25.1 Å². The molecule has 0 amide bonds. The molecule has 1 atom stereocenters. The molecule has 0 fully saturated rings. The van der Waals surface area contributed by atoms with Gasteiger partial charge >= 0.3 is 0 Å². The monoisotopic (exact) mass is 235 g/mol. The molecular weight excluding hydrogens is 222 g/mol. The molecule has 0 saturated heterocycles. The van der Waals surface area contributed by atoms with Gasteiger partial charge in [0.05, 0.1) is 5.38 Å². The highest BCUT2D eigenvalue weighted by molar-refractivity contribution is 6.21. The lowest BCUT2D eigenvalue weighted by atomic mass is 10.1. The van der Waals surface area contributed by atoms with Crippen molar-refractivity contribution >= 4 is 23.2 Å². The molecule has 1 heterocycles. The molecule has 0 aliphatic heterocycles. The van der Waals surface area contributed by atoms with Crippen LogP contribution in [0.1, 0.15) is 17.9 Å². The molecule has 1 unspecified atom stereocenters. The van der Waals surface area contributed by atoms with Crippen molar-refractivity contribution in [2.75, 3.05) is 5.32 Å². The van der Waals surface area contributed by atoms with Gasteiger partial charge in [-0.05, 0) is 18.6 Å². The molecule has 2 aromatic rings. The maximum Gasteiger partial charge on any atom is 0.207 e. The van der Waals surface area contributed by atoms with E-state index in [2.05, 4.69) is 10.3 Å². The zero-order valence-corrected chi connectivity index (χ0v) is 10.1. The average molecular weight is 236 g/mol. The van der Waals surface area contributed by atoms with Gasteiger partial charge in [-0.1, -0.05) is 18.2 Å². The van der Waals surface area contributed by atoms with Gasteiger partial charge in [0.15, 0.2) is 0 Å². The van der Waals surface area contributed by atoms with Crippen molar-refractivity contribution < 1.29 is 0 Å². The van der Waals surface area contributed by atoms with Gasteiger partial charge in [0.25, 0.3) is 0 Å². The van der Waals surface area contributed by atoms with Gasteiger partial charge in [-0.2, -0.15) is 0 Å². The Labute approximate surface area is 100 Å². The highest BCUT2D eigenvalue weighted by atomic mass is 35.5. The summed E-state index contributed by atoms with van der Waals surface area (Å²) in [5.74, 6) is 0.810. The number of aromatic nitrogens is 2. The number of rotatable bonds is 3. The summed E-state index contributed by atoms with van der Waals surface area (Å²) in [5.41, 5.74) is 2.08. The van der Waals surface area contributed by atoms with Crippen molar-refractivity contribution in [2.24, 2.45) is 7.05 Å². The van der Waals surface area contributed by atoms with Crippen LogP contribution in [0.2, 0.25) is 0 Å². The molecule has 84 valence electrons. The number of halogens is 1. The van der Waals surface area contributed by atoms with Crippen LogP contribution in [0, 0.1) is 0 Å². The van der Waals surface area contributed by atoms with Crippen LogP contribution in [-0.4, -0.2) is 9.55 Å². The van der Waals surface area contributed by atoms with E-state index >= 15 is 0 Å². The Bertz CT molecular complexity index is 477.